The summed E-state index contributed by atoms with van der Waals surface area (Å²) in [5.41, 5.74) is 4.89. The molecule has 2 aromatic carbocycles. The molecule has 0 saturated carbocycles. The number of quaternary nitrogens is 1. The zero-order chi connectivity index (χ0) is 20.1. The van der Waals surface area contributed by atoms with Crippen LogP contribution in [-0.4, -0.2) is 45.7 Å². The van der Waals surface area contributed by atoms with Crippen LogP contribution >= 0.6 is 0 Å². The number of methoxy groups -OCH3 is 1. The number of nitrogens with one attached hydrogen (secondary N) is 2. The Bertz CT molecular complexity index is 813. The number of carbonyl (C=O) groups is 1. The SMILES string of the molecule is COc1cccc(N2CC[NH+](CC(=O)N[C@@H](C)c3ccc(C)c(C)c3)CC2)c1. The fourth-order valence-corrected chi connectivity index (χ4v) is 3.70. The maximum Gasteiger partial charge on any atom is 0.275 e. The second-order valence-corrected chi connectivity index (χ2v) is 7.75. The molecule has 1 aliphatic heterocycles. The first-order chi connectivity index (χ1) is 13.5. The molecule has 3 rings (SSSR count). The van der Waals surface area contributed by atoms with Gasteiger partial charge in [-0.2, -0.15) is 0 Å². The molecule has 1 atom stereocenters. The van der Waals surface area contributed by atoms with Gasteiger partial charge < -0.3 is 19.9 Å². The minimum absolute atomic E-state index is 0.0317. The number of hydrogen-bond acceptors (Lipinski definition) is 3. The molecule has 0 radical (unpaired) electrons. The van der Waals surface area contributed by atoms with Crippen molar-refractivity contribution in [3.05, 3.63) is 59.2 Å². The molecular formula is C23H32N3O2+. The normalized spacial score (nSPS) is 15.9. The van der Waals surface area contributed by atoms with Crippen molar-refractivity contribution in [2.24, 2.45) is 0 Å². The molecule has 150 valence electrons. The summed E-state index contributed by atoms with van der Waals surface area (Å²) in [6, 6.07) is 14.6. The summed E-state index contributed by atoms with van der Waals surface area (Å²) in [5, 5.41) is 3.16. The minimum Gasteiger partial charge on any atom is -0.497 e. The highest BCUT2D eigenvalue weighted by Crippen LogP contribution is 2.20. The van der Waals surface area contributed by atoms with Crippen LogP contribution in [0, 0.1) is 13.8 Å². The summed E-state index contributed by atoms with van der Waals surface area (Å²) in [6.07, 6.45) is 0. The van der Waals surface area contributed by atoms with Crippen LogP contribution in [0.1, 0.15) is 29.7 Å². The molecule has 28 heavy (non-hydrogen) atoms. The molecule has 0 aliphatic carbocycles. The molecule has 1 heterocycles. The highest BCUT2D eigenvalue weighted by atomic mass is 16.5. The van der Waals surface area contributed by atoms with E-state index in [1.165, 1.54) is 21.7 Å². The van der Waals surface area contributed by atoms with Crippen LogP contribution in [0.5, 0.6) is 5.75 Å². The molecule has 0 bridgehead atoms. The number of amides is 1. The predicted molar refractivity (Wildman–Crippen MR) is 113 cm³/mol. The lowest BCUT2D eigenvalue weighted by molar-refractivity contribution is -0.892. The van der Waals surface area contributed by atoms with Crippen LogP contribution in [0.2, 0.25) is 0 Å². The van der Waals surface area contributed by atoms with Gasteiger partial charge in [-0.1, -0.05) is 24.3 Å². The van der Waals surface area contributed by atoms with Gasteiger partial charge in [0.05, 0.1) is 39.3 Å². The number of ether oxygens (including phenoxy) is 1. The zero-order valence-electron chi connectivity index (χ0n) is 17.4. The number of piperazine rings is 1. The van der Waals surface area contributed by atoms with Gasteiger partial charge in [-0.25, -0.2) is 0 Å². The van der Waals surface area contributed by atoms with Crippen LogP contribution < -0.4 is 19.9 Å². The molecule has 2 N–H and O–H groups in total. The van der Waals surface area contributed by atoms with Crippen LogP contribution in [0.4, 0.5) is 5.69 Å². The molecule has 5 nitrogen and oxygen atoms in total. The Kier molecular flexibility index (Phi) is 6.57. The molecule has 1 amide bonds. The first kappa shape index (κ1) is 20.2. The summed E-state index contributed by atoms with van der Waals surface area (Å²) >= 11 is 0. The average Bonchev–Trinajstić information content (AvgIpc) is 2.70. The predicted octanol–water partition coefficient (Wildman–Crippen LogP) is 1.89. The summed E-state index contributed by atoms with van der Waals surface area (Å²) in [5.74, 6) is 1.00. The van der Waals surface area contributed by atoms with Crippen molar-refractivity contribution in [3.8, 4) is 5.75 Å². The van der Waals surface area contributed by atoms with E-state index < -0.39 is 0 Å². The van der Waals surface area contributed by atoms with Gasteiger partial charge >= 0.3 is 0 Å². The minimum atomic E-state index is 0.0317. The Balaban J connectivity index is 1.48. The van der Waals surface area contributed by atoms with Crippen molar-refractivity contribution in [3.63, 3.8) is 0 Å². The van der Waals surface area contributed by atoms with E-state index in [0.29, 0.717) is 6.54 Å². The van der Waals surface area contributed by atoms with Crippen molar-refractivity contribution < 1.29 is 14.4 Å². The fourth-order valence-electron chi connectivity index (χ4n) is 3.70. The van der Waals surface area contributed by atoms with E-state index in [0.717, 1.165) is 37.5 Å². The van der Waals surface area contributed by atoms with E-state index >= 15 is 0 Å². The van der Waals surface area contributed by atoms with Gasteiger partial charge in [-0.3, -0.25) is 4.79 Å². The second kappa shape index (κ2) is 9.11. The van der Waals surface area contributed by atoms with E-state index in [9.17, 15) is 4.79 Å². The Morgan fingerprint density at radius 2 is 1.89 bits per heavy atom. The van der Waals surface area contributed by atoms with E-state index in [4.69, 9.17) is 4.74 Å². The third kappa shape index (κ3) is 5.04. The van der Waals surface area contributed by atoms with Crippen molar-refractivity contribution >= 4 is 11.6 Å². The average molecular weight is 383 g/mol. The Labute approximate surface area is 168 Å². The van der Waals surface area contributed by atoms with E-state index in [-0.39, 0.29) is 11.9 Å². The van der Waals surface area contributed by atoms with Gasteiger partial charge in [0.2, 0.25) is 0 Å². The lowest BCUT2D eigenvalue weighted by Crippen LogP contribution is -3.15. The Hall–Kier alpha value is -2.53. The third-order valence-electron chi connectivity index (χ3n) is 5.71. The molecular weight excluding hydrogens is 350 g/mol. The van der Waals surface area contributed by atoms with Crippen LogP contribution in [0.3, 0.4) is 0 Å². The van der Waals surface area contributed by atoms with E-state index in [2.05, 4.69) is 61.3 Å². The highest BCUT2D eigenvalue weighted by molar-refractivity contribution is 5.77. The van der Waals surface area contributed by atoms with Crippen LogP contribution in [0.15, 0.2) is 42.5 Å². The van der Waals surface area contributed by atoms with Crippen molar-refractivity contribution in [1.29, 1.82) is 0 Å². The Morgan fingerprint density at radius 3 is 2.57 bits per heavy atom. The molecule has 1 fully saturated rings. The summed E-state index contributed by atoms with van der Waals surface area (Å²) in [7, 11) is 1.69. The first-order valence-corrected chi connectivity index (χ1v) is 10.1. The number of nitrogens with zero attached hydrogens (tertiary/aromatic N) is 1. The quantitative estimate of drug-likeness (QED) is 0.802. The number of hydrogen-bond donors (Lipinski definition) is 2. The number of benzene rings is 2. The Morgan fingerprint density at radius 1 is 1.14 bits per heavy atom. The van der Waals surface area contributed by atoms with Crippen LogP contribution in [0.25, 0.3) is 0 Å². The molecule has 1 saturated heterocycles. The summed E-state index contributed by atoms with van der Waals surface area (Å²) in [6.45, 7) is 10.6. The van der Waals surface area contributed by atoms with Crippen molar-refractivity contribution in [2.45, 2.75) is 26.8 Å². The number of carbonyl (C=O) groups excluding carboxylic acids is 1. The molecule has 2 aromatic rings. The van der Waals surface area contributed by atoms with Gasteiger partial charge in [0.15, 0.2) is 6.54 Å². The fraction of sp³-hybridized carbons (Fsp3) is 0.435. The monoisotopic (exact) mass is 382 g/mol. The zero-order valence-corrected chi connectivity index (χ0v) is 17.4. The lowest BCUT2D eigenvalue weighted by Gasteiger charge is -2.33. The maximum atomic E-state index is 12.5. The van der Waals surface area contributed by atoms with Gasteiger partial charge in [-0.15, -0.1) is 0 Å². The third-order valence-corrected chi connectivity index (χ3v) is 5.71. The highest BCUT2D eigenvalue weighted by Gasteiger charge is 2.23. The smallest absolute Gasteiger partial charge is 0.275 e. The van der Waals surface area contributed by atoms with Gasteiger partial charge in [-0.05, 0) is 49.6 Å². The van der Waals surface area contributed by atoms with Crippen LogP contribution in [-0.2, 0) is 4.79 Å². The first-order valence-electron chi connectivity index (χ1n) is 10.1. The topological polar surface area (TPSA) is 46.0 Å². The van der Waals surface area contributed by atoms with Gasteiger partial charge in [0.1, 0.15) is 5.75 Å². The summed E-state index contributed by atoms with van der Waals surface area (Å²) in [4.78, 5) is 16.2. The van der Waals surface area contributed by atoms with Crippen molar-refractivity contribution in [2.75, 3.05) is 44.7 Å². The number of rotatable bonds is 6. The molecule has 1 aliphatic rings. The number of anilines is 1. The largest absolute Gasteiger partial charge is 0.497 e. The molecule has 5 heteroatoms. The maximum absolute atomic E-state index is 12.5. The standard InChI is InChI=1S/C23H31N3O2/c1-17-8-9-20(14-18(17)2)19(3)24-23(27)16-25-10-12-26(13-11-25)21-6-5-7-22(15-21)28-4/h5-9,14-15,19H,10-13,16H2,1-4H3,(H,24,27)/p+1/t19-/m0/s1. The van der Waals surface area contributed by atoms with E-state index in [1.807, 2.05) is 12.1 Å². The van der Waals surface area contributed by atoms with E-state index in [1.54, 1.807) is 7.11 Å². The second-order valence-electron chi connectivity index (χ2n) is 7.75. The van der Waals surface area contributed by atoms with Gasteiger partial charge in [0.25, 0.3) is 5.91 Å². The number of aryl methyl sites for hydroxylation is 2. The van der Waals surface area contributed by atoms with Crippen molar-refractivity contribution in [1.82, 2.24) is 5.32 Å². The van der Waals surface area contributed by atoms with Gasteiger partial charge in [0, 0.05) is 11.8 Å². The molecule has 0 aromatic heterocycles. The molecule has 0 unspecified atom stereocenters. The summed E-state index contributed by atoms with van der Waals surface area (Å²) < 4.78 is 5.32. The lowest BCUT2D eigenvalue weighted by atomic mass is 10.0. The molecule has 0 spiro atoms.